The van der Waals surface area contributed by atoms with E-state index >= 15 is 0 Å². The van der Waals surface area contributed by atoms with Crippen molar-refractivity contribution in [1.82, 2.24) is 9.88 Å². The van der Waals surface area contributed by atoms with Crippen molar-refractivity contribution in [3.63, 3.8) is 0 Å². The summed E-state index contributed by atoms with van der Waals surface area (Å²) >= 11 is 0. The number of hydrogen-bond donors (Lipinski definition) is 2. The molecule has 1 aliphatic heterocycles. The lowest BCUT2D eigenvalue weighted by Gasteiger charge is -2.34. The maximum atomic E-state index is 12.7. The second kappa shape index (κ2) is 5.70. The molecule has 1 aliphatic rings. The zero-order valence-electron chi connectivity index (χ0n) is 13.4. The number of aromatic amines is 1. The van der Waals surface area contributed by atoms with E-state index in [2.05, 4.69) is 11.1 Å². The van der Waals surface area contributed by atoms with Crippen LogP contribution in [0.2, 0.25) is 0 Å². The Balaban J connectivity index is 1.90. The zero-order valence-corrected chi connectivity index (χ0v) is 13.4. The highest BCUT2D eigenvalue weighted by molar-refractivity contribution is 5.99. The van der Waals surface area contributed by atoms with Crippen molar-refractivity contribution in [1.29, 1.82) is 0 Å². The standard InChI is InChI=1S/C17H20N2O4/c1-9-4-10(2)12-6-14(18-13(12)5-9)16(20)19-7-11(3)23-15(8-19)17(21)22/h4-6,11,15,18H,7-8H2,1-3H3,(H,21,22)/t11-,15?/m1/s1. The van der Waals surface area contributed by atoms with Crippen molar-refractivity contribution in [3.8, 4) is 0 Å². The van der Waals surface area contributed by atoms with Gasteiger partial charge in [-0.25, -0.2) is 4.79 Å². The van der Waals surface area contributed by atoms with Gasteiger partial charge >= 0.3 is 5.97 Å². The maximum Gasteiger partial charge on any atom is 0.334 e. The number of carbonyl (C=O) groups is 2. The van der Waals surface area contributed by atoms with E-state index in [0.717, 1.165) is 22.0 Å². The van der Waals surface area contributed by atoms with Crippen LogP contribution in [0.1, 0.15) is 28.5 Å². The molecule has 6 nitrogen and oxygen atoms in total. The summed E-state index contributed by atoms with van der Waals surface area (Å²) in [5.41, 5.74) is 3.63. The number of nitrogens with zero attached hydrogens (tertiary/aromatic N) is 1. The Labute approximate surface area is 134 Å². The van der Waals surface area contributed by atoms with Crippen LogP contribution < -0.4 is 0 Å². The largest absolute Gasteiger partial charge is 0.479 e. The number of fused-ring (bicyclic) bond motifs is 1. The predicted molar refractivity (Wildman–Crippen MR) is 85.6 cm³/mol. The van der Waals surface area contributed by atoms with Crippen LogP contribution >= 0.6 is 0 Å². The van der Waals surface area contributed by atoms with Gasteiger partial charge in [0.25, 0.3) is 5.91 Å². The molecule has 3 rings (SSSR count). The minimum Gasteiger partial charge on any atom is -0.479 e. The normalized spacial score (nSPS) is 21.6. The number of benzene rings is 1. The lowest BCUT2D eigenvalue weighted by molar-refractivity contribution is -0.160. The van der Waals surface area contributed by atoms with E-state index in [1.165, 1.54) is 0 Å². The number of hydrogen-bond acceptors (Lipinski definition) is 3. The number of amides is 1. The number of aryl methyl sites for hydroxylation is 2. The van der Waals surface area contributed by atoms with Crippen LogP contribution in [-0.4, -0.2) is 52.2 Å². The topological polar surface area (TPSA) is 82.6 Å². The molecule has 0 spiro atoms. The molecule has 2 N–H and O–H groups in total. The maximum absolute atomic E-state index is 12.7. The summed E-state index contributed by atoms with van der Waals surface area (Å²) in [7, 11) is 0. The molecule has 2 aromatic rings. The molecule has 0 bridgehead atoms. The second-order valence-electron chi connectivity index (χ2n) is 6.21. The highest BCUT2D eigenvalue weighted by Crippen LogP contribution is 2.23. The van der Waals surface area contributed by atoms with E-state index in [9.17, 15) is 9.59 Å². The van der Waals surface area contributed by atoms with Crippen LogP contribution in [0.4, 0.5) is 0 Å². The molecule has 6 heteroatoms. The Hall–Kier alpha value is -2.34. The fraction of sp³-hybridized carbons (Fsp3) is 0.412. The second-order valence-corrected chi connectivity index (χ2v) is 6.21. The highest BCUT2D eigenvalue weighted by atomic mass is 16.5. The van der Waals surface area contributed by atoms with Gasteiger partial charge in [-0.3, -0.25) is 4.79 Å². The van der Waals surface area contributed by atoms with Crippen molar-refractivity contribution in [2.45, 2.75) is 33.0 Å². The Kier molecular flexibility index (Phi) is 3.85. The summed E-state index contributed by atoms with van der Waals surface area (Å²) in [6, 6.07) is 5.91. The Morgan fingerprint density at radius 1 is 1.26 bits per heavy atom. The minimum absolute atomic E-state index is 0.0614. The smallest absolute Gasteiger partial charge is 0.334 e. The molecule has 2 atom stereocenters. The number of H-pyrrole nitrogens is 1. The average Bonchev–Trinajstić information content (AvgIpc) is 2.89. The minimum atomic E-state index is -1.04. The monoisotopic (exact) mass is 316 g/mol. The third-order valence-electron chi connectivity index (χ3n) is 4.14. The first-order valence-electron chi connectivity index (χ1n) is 7.62. The van der Waals surface area contributed by atoms with Crippen LogP contribution in [0.15, 0.2) is 18.2 Å². The number of carboxylic acid groups (broad SMARTS) is 1. The van der Waals surface area contributed by atoms with Crippen molar-refractivity contribution >= 4 is 22.8 Å². The molecule has 0 aliphatic carbocycles. The number of nitrogens with one attached hydrogen (secondary N) is 1. The van der Waals surface area contributed by atoms with E-state index in [-0.39, 0.29) is 18.6 Å². The molecule has 1 unspecified atom stereocenters. The van der Waals surface area contributed by atoms with Crippen LogP contribution in [0.25, 0.3) is 10.9 Å². The van der Waals surface area contributed by atoms with Gasteiger partial charge < -0.3 is 19.7 Å². The summed E-state index contributed by atoms with van der Waals surface area (Å²) in [6.07, 6.45) is -1.28. The molecule has 1 saturated heterocycles. The van der Waals surface area contributed by atoms with Gasteiger partial charge in [0, 0.05) is 17.4 Å². The molecular weight excluding hydrogens is 296 g/mol. The number of aromatic nitrogens is 1. The van der Waals surface area contributed by atoms with Gasteiger partial charge in [0.15, 0.2) is 6.10 Å². The van der Waals surface area contributed by atoms with E-state index in [1.54, 1.807) is 11.8 Å². The summed E-state index contributed by atoms with van der Waals surface area (Å²) in [5.74, 6) is -1.24. The van der Waals surface area contributed by atoms with E-state index in [1.807, 2.05) is 26.0 Å². The van der Waals surface area contributed by atoms with Gasteiger partial charge in [-0.15, -0.1) is 0 Å². The molecule has 0 radical (unpaired) electrons. The molecule has 2 heterocycles. The molecular formula is C17H20N2O4. The first-order chi connectivity index (χ1) is 10.8. The van der Waals surface area contributed by atoms with Crippen molar-refractivity contribution in [2.75, 3.05) is 13.1 Å². The molecule has 1 fully saturated rings. The van der Waals surface area contributed by atoms with Crippen LogP contribution in [0.5, 0.6) is 0 Å². The van der Waals surface area contributed by atoms with Crippen LogP contribution in [0.3, 0.4) is 0 Å². The SMILES string of the molecule is Cc1cc(C)c2cc(C(=O)N3CC(C(=O)O)O[C@H](C)C3)[nH]c2c1. The van der Waals surface area contributed by atoms with E-state index < -0.39 is 12.1 Å². The lowest BCUT2D eigenvalue weighted by Crippen LogP contribution is -2.51. The number of rotatable bonds is 2. The Morgan fingerprint density at radius 3 is 2.70 bits per heavy atom. The van der Waals surface area contributed by atoms with Crippen LogP contribution in [-0.2, 0) is 9.53 Å². The Bertz CT molecular complexity index is 780. The molecule has 23 heavy (non-hydrogen) atoms. The molecule has 1 amide bonds. The molecule has 1 aromatic heterocycles. The number of morpholine rings is 1. The third kappa shape index (κ3) is 2.94. The van der Waals surface area contributed by atoms with Crippen molar-refractivity contribution in [3.05, 3.63) is 35.0 Å². The molecule has 1 aromatic carbocycles. The van der Waals surface area contributed by atoms with Gasteiger partial charge in [-0.05, 0) is 44.0 Å². The van der Waals surface area contributed by atoms with Crippen molar-refractivity contribution < 1.29 is 19.4 Å². The number of aliphatic carboxylic acids is 1. The number of ether oxygens (including phenoxy) is 1. The van der Waals surface area contributed by atoms with Gasteiger partial charge in [-0.2, -0.15) is 0 Å². The predicted octanol–water partition coefficient (Wildman–Crippen LogP) is 2.10. The Morgan fingerprint density at radius 2 is 2.00 bits per heavy atom. The fourth-order valence-electron chi connectivity index (χ4n) is 3.14. The summed E-state index contributed by atoms with van der Waals surface area (Å²) in [5, 5.41) is 10.1. The van der Waals surface area contributed by atoms with E-state index in [0.29, 0.717) is 12.2 Å². The fourth-order valence-corrected chi connectivity index (χ4v) is 3.14. The van der Waals surface area contributed by atoms with E-state index in [4.69, 9.17) is 9.84 Å². The lowest BCUT2D eigenvalue weighted by atomic mass is 10.1. The molecule has 122 valence electrons. The zero-order chi connectivity index (χ0) is 16.7. The summed E-state index contributed by atoms with van der Waals surface area (Å²) in [6.45, 7) is 6.24. The van der Waals surface area contributed by atoms with Crippen molar-refractivity contribution in [2.24, 2.45) is 0 Å². The third-order valence-corrected chi connectivity index (χ3v) is 4.14. The quantitative estimate of drug-likeness (QED) is 0.889. The van der Waals surface area contributed by atoms with Gasteiger partial charge in [0.05, 0.1) is 12.6 Å². The van der Waals surface area contributed by atoms with Gasteiger partial charge in [-0.1, -0.05) is 6.07 Å². The summed E-state index contributed by atoms with van der Waals surface area (Å²) < 4.78 is 5.35. The summed E-state index contributed by atoms with van der Waals surface area (Å²) in [4.78, 5) is 28.6. The van der Waals surface area contributed by atoms with Gasteiger partial charge in [0.1, 0.15) is 5.69 Å². The first kappa shape index (κ1) is 15.6. The average molecular weight is 316 g/mol. The molecule has 0 saturated carbocycles. The number of carboxylic acids is 1. The first-order valence-corrected chi connectivity index (χ1v) is 7.62. The van der Waals surface area contributed by atoms with Gasteiger partial charge in [0.2, 0.25) is 0 Å². The number of carbonyl (C=O) groups excluding carboxylic acids is 1. The van der Waals surface area contributed by atoms with Crippen LogP contribution in [0, 0.1) is 13.8 Å². The highest BCUT2D eigenvalue weighted by Gasteiger charge is 2.33.